The van der Waals surface area contributed by atoms with Gasteiger partial charge in [0.1, 0.15) is 0 Å². The second-order valence-electron chi connectivity index (χ2n) is 1.27. The zero-order valence-electron chi connectivity index (χ0n) is 4.91. The van der Waals surface area contributed by atoms with Crippen molar-refractivity contribution in [1.82, 2.24) is 0 Å². The van der Waals surface area contributed by atoms with Gasteiger partial charge in [0.25, 0.3) is 0 Å². The Kier molecular flexibility index (Phi) is 3.08. The van der Waals surface area contributed by atoms with Gasteiger partial charge in [-0.15, -0.1) is 0 Å². The third-order valence-electron chi connectivity index (χ3n) is 0.735. The Morgan fingerprint density at radius 1 is 1.00 bits per heavy atom. The molecule has 0 aromatic rings. The first-order chi connectivity index (χ1) is 3.72. The fourth-order valence-electron chi connectivity index (χ4n) is 0.276. The van der Waals surface area contributed by atoms with E-state index in [1.54, 1.807) is 0 Å². The van der Waals surface area contributed by atoms with E-state index in [9.17, 15) is 8.78 Å². The predicted molar refractivity (Wildman–Crippen MR) is 29.7 cm³/mol. The largest absolute Gasteiger partial charge is 0.204 e. The number of rotatable bonds is 1. The molecule has 0 amide bonds. The zero-order chi connectivity index (χ0) is 6.57. The van der Waals surface area contributed by atoms with Crippen molar-refractivity contribution in [3.8, 4) is 0 Å². The summed E-state index contributed by atoms with van der Waals surface area (Å²) in [6.07, 6.45) is 2.16. The van der Waals surface area contributed by atoms with E-state index in [-0.39, 0.29) is 0 Å². The number of halogens is 2. The lowest BCUT2D eigenvalue weighted by atomic mass is 10.4. The van der Waals surface area contributed by atoms with Gasteiger partial charge in [-0.05, 0) is 26.0 Å². The Morgan fingerprint density at radius 2 is 1.25 bits per heavy atom. The van der Waals surface area contributed by atoms with Crippen LogP contribution < -0.4 is 0 Å². The molecule has 2 heteroatoms. The fraction of sp³-hybridized carbons (Fsp3) is 0.333. The summed E-state index contributed by atoms with van der Waals surface area (Å²) < 4.78 is 23.9. The summed E-state index contributed by atoms with van der Waals surface area (Å²) in [6, 6.07) is 0. The van der Waals surface area contributed by atoms with Crippen LogP contribution in [0.3, 0.4) is 0 Å². The van der Waals surface area contributed by atoms with Gasteiger partial charge in [0.2, 0.25) is 0 Å². The van der Waals surface area contributed by atoms with Crippen LogP contribution in [0.1, 0.15) is 13.8 Å². The Labute approximate surface area is 47.5 Å². The van der Waals surface area contributed by atoms with Crippen LogP contribution in [0.5, 0.6) is 0 Å². The van der Waals surface area contributed by atoms with Crippen LogP contribution in [-0.2, 0) is 0 Å². The van der Waals surface area contributed by atoms with E-state index >= 15 is 0 Å². The molecule has 0 aliphatic rings. The summed E-state index contributed by atoms with van der Waals surface area (Å²) in [6.45, 7) is 2.89. The highest BCUT2D eigenvalue weighted by atomic mass is 19.2. The molecule has 0 aromatic heterocycles. The lowest BCUT2D eigenvalue weighted by Crippen LogP contribution is -1.70. The van der Waals surface area contributed by atoms with Crippen molar-refractivity contribution in [2.24, 2.45) is 0 Å². The Hall–Kier alpha value is -0.660. The molecule has 0 rings (SSSR count). The van der Waals surface area contributed by atoms with Gasteiger partial charge in [0.05, 0.1) is 0 Å². The molecule has 8 heavy (non-hydrogen) atoms. The van der Waals surface area contributed by atoms with E-state index in [4.69, 9.17) is 0 Å². The van der Waals surface area contributed by atoms with Gasteiger partial charge in [-0.2, -0.15) is 0 Å². The number of hydrogen-bond acceptors (Lipinski definition) is 0. The third kappa shape index (κ3) is 1.87. The van der Waals surface area contributed by atoms with Gasteiger partial charge in [-0.25, -0.2) is 8.78 Å². The monoisotopic (exact) mass is 118 g/mol. The molecule has 0 aromatic carbocycles. The smallest absolute Gasteiger partial charge is 0.154 e. The molecule has 0 bridgehead atoms. The molecule has 0 radical (unpaired) electrons. The lowest BCUT2D eigenvalue weighted by molar-refractivity contribution is 0.542. The second-order valence-corrected chi connectivity index (χ2v) is 1.27. The zero-order valence-corrected chi connectivity index (χ0v) is 4.91. The topological polar surface area (TPSA) is 0 Å². The van der Waals surface area contributed by atoms with Crippen molar-refractivity contribution in [2.45, 2.75) is 13.8 Å². The molecule has 0 nitrogen and oxygen atoms in total. The quantitative estimate of drug-likeness (QED) is 0.464. The van der Waals surface area contributed by atoms with Gasteiger partial charge in [0, 0.05) is 0 Å². The summed E-state index contributed by atoms with van der Waals surface area (Å²) in [5, 5.41) is 0. The molecule has 0 heterocycles. The molecule has 0 saturated heterocycles. The average molecular weight is 118 g/mol. The van der Waals surface area contributed by atoms with Crippen LogP contribution >= 0.6 is 0 Å². The number of hydrogen-bond donors (Lipinski definition) is 0. The van der Waals surface area contributed by atoms with Crippen LogP contribution in [0.15, 0.2) is 23.8 Å². The Balaban J connectivity index is 4.04. The highest BCUT2D eigenvalue weighted by Crippen LogP contribution is 2.10. The van der Waals surface area contributed by atoms with Crippen LogP contribution in [0.25, 0.3) is 0 Å². The minimum Gasteiger partial charge on any atom is -0.204 e. The minimum atomic E-state index is -0.799. The lowest BCUT2D eigenvalue weighted by Gasteiger charge is -1.85. The molecule has 0 N–H and O–H groups in total. The summed E-state index contributed by atoms with van der Waals surface area (Å²) in [7, 11) is 0. The van der Waals surface area contributed by atoms with Gasteiger partial charge in [-0.1, -0.05) is 0 Å². The molecule has 0 aliphatic carbocycles. The third-order valence-corrected chi connectivity index (χ3v) is 0.735. The Morgan fingerprint density at radius 3 is 1.38 bits per heavy atom. The van der Waals surface area contributed by atoms with E-state index in [0.717, 1.165) is 12.2 Å². The fourth-order valence-corrected chi connectivity index (χ4v) is 0.276. The van der Waals surface area contributed by atoms with Gasteiger partial charge in [0.15, 0.2) is 11.7 Å². The minimum absolute atomic E-state index is 0.799. The van der Waals surface area contributed by atoms with Crippen molar-refractivity contribution >= 4 is 0 Å². The SMILES string of the molecule is C/C=C(F)\C(F)=C/C. The van der Waals surface area contributed by atoms with Crippen LogP contribution in [-0.4, -0.2) is 0 Å². The van der Waals surface area contributed by atoms with E-state index < -0.39 is 11.7 Å². The van der Waals surface area contributed by atoms with E-state index in [1.165, 1.54) is 13.8 Å². The van der Waals surface area contributed by atoms with Crippen molar-refractivity contribution in [2.75, 3.05) is 0 Å². The van der Waals surface area contributed by atoms with Crippen molar-refractivity contribution in [3.05, 3.63) is 23.8 Å². The van der Waals surface area contributed by atoms with Crippen molar-refractivity contribution < 1.29 is 8.78 Å². The molecule has 0 fully saturated rings. The molecule has 0 saturated carbocycles. The van der Waals surface area contributed by atoms with E-state index in [1.807, 2.05) is 0 Å². The first-order valence-corrected chi connectivity index (χ1v) is 2.36. The maximum atomic E-state index is 11.9. The average Bonchev–Trinajstić information content (AvgIpc) is 1.84. The first kappa shape index (κ1) is 7.34. The molecule has 0 aliphatic heterocycles. The maximum Gasteiger partial charge on any atom is 0.154 e. The Bertz CT molecular complexity index is 106. The molecule has 0 unspecified atom stereocenters. The summed E-state index contributed by atoms with van der Waals surface area (Å²) in [5.74, 6) is -1.60. The summed E-state index contributed by atoms with van der Waals surface area (Å²) in [4.78, 5) is 0. The molecule has 46 valence electrons. The van der Waals surface area contributed by atoms with Crippen LogP contribution in [0.2, 0.25) is 0 Å². The van der Waals surface area contributed by atoms with Gasteiger partial charge >= 0.3 is 0 Å². The summed E-state index contributed by atoms with van der Waals surface area (Å²) >= 11 is 0. The maximum absolute atomic E-state index is 11.9. The second kappa shape index (κ2) is 3.36. The molecular formula is C6H8F2. The molecule has 0 atom stereocenters. The highest BCUT2D eigenvalue weighted by Gasteiger charge is 1.95. The van der Waals surface area contributed by atoms with Crippen LogP contribution in [0.4, 0.5) is 8.78 Å². The standard InChI is InChI=1S/C6H8F2/c1-3-5(7)6(8)4-2/h3-4H,1-2H3/b5-3+,6-4+. The van der Waals surface area contributed by atoms with Gasteiger partial charge < -0.3 is 0 Å². The molecule has 0 spiro atoms. The summed E-state index contributed by atoms with van der Waals surface area (Å²) in [5.41, 5.74) is 0. The predicted octanol–water partition coefficient (Wildman–Crippen LogP) is 2.73. The van der Waals surface area contributed by atoms with E-state index in [2.05, 4.69) is 0 Å². The van der Waals surface area contributed by atoms with Crippen molar-refractivity contribution in [3.63, 3.8) is 0 Å². The highest BCUT2D eigenvalue weighted by molar-refractivity contribution is 5.16. The number of allylic oxidation sites excluding steroid dienone is 4. The normalized spacial score (nSPS) is 14.5. The first-order valence-electron chi connectivity index (χ1n) is 2.36. The van der Waals surface area contributed by atoms with Crippen LogP contribution in [0, 0.1) is 0 Å². The van der Waals surface area contributed by atoms with Crippen molar-refractivity contribution in [1.29, 1.82) is 0 Å². The molecular weight excluding hydrogens is 110 g/mol. The van der Waals surface area contributed by atoms with E-state index in [0.29, 0.717) is 0 Å². The van der Waals surface area contributed by atoms with Gasteiger partial charge in [-0.3, -0.25) is 0 Å².